The van der Waals surface area contributed by atoms with Crippen LogP contribution in [0.1, 0.15) is 35.4 Å². The summed E-state index contributed by atoms with van der Waals surface area (Å²) < 4.78 is 50.4. The van der Waals surface area contributed by atoms with E-state index < -0.39 is 36.1 Å². The first-order valence-corrected chi connectivity index (χ1v) is 13.3. The van der Waals surface area contributed by atoms with Crippen molar-refractivity contribution in [1.82, 2.24) is 5.32 Å². The van der Waals surface area contributed by atoms with E-state index in [1.165, 1.54) is 12.1 Å². The minimum Gasteiger partial charge on any atom is -0.487 e. The van der Waals surface area contributed by atoms with Crippen LogP contribution in [0.4, 0.5) is 29.3 Å². The number of rotatable bonds is 7. The van der Waals surface area contributed by atoms with Crippen molar-refractivity contribution in [3.63, 3.8) is 0 Å². The highest BCUT2D eigenvalue weighted by atomic mass is 35.5. The van der Waals surface area contributed by atoms with Crippen molar-refractivity contribution in [2.45, 2.75) is 49.8 Å². The van der Waals surface area contributed by atoms with Gasteiger partial charge in [-0.05, 0) is 66.6 Å². The summed E-state index contributed by atoms with van der Waals surface area (Å²) in [5.41, 5.74) is 1.54. The molecule has 0 unspecified atom stereocenters. The highest BCUT2D eigenvalue weighted by Crippen LogP contribution is 2.47. The van der Waals surface area contributed by atoms with Gasteiger partial charge in [0.1, 0.15) is 18.0 Å². The number of carbonyl (C=O) groups is 2. The summed E-state index contributed by atoms with van der Waals surface area (Å²) in [4.78, 5) is 25.2. The average molecular weight is 590 g/mol. The quantitative estimate of drug-likeness (QED) is 0.283. The number of urea groups is 1. The van der Waals surface area contributed by atoms with Crippen molar-refractivity contribution in [3.8, 4) is 5.75 Å². The Balaban J connectivity index is 1.21. The van der Waals surface area contributed by atoms with Crippen molar-refractivity contribution >= 4 is 34.9 Å². The molecule has 3 aromatic carbocycles. The van der Waals surface area contributed by atoms with Crippen LogP contribution in [-0.4, -0.2) is 42.0 Å². The largest absolute Gasteiger partial charge is 0.487 e. The maximum atomic E-state index is 12.8. The van der Waals surface area contributed by atoms with E-state index in [9.17, 15) is 27.9 Å². The monoisotopic (exact) mass is 589 g/mol. The van der Waals surface area contributed by atoms with Crippen molar-refractivity contribution in [1.29, 1.82) is 0 Å². The second-order valence-electron chi connectivity index (χ2n) is 9.92. The van der Waals surface area contributed by atoms with Gasteiger partial charge >= 0.3 is 12.2 Å². The molecule has 216 valence electrons. The Hall–Kier alpha value is -3.80. The number of amides is 3. The van der Waals surface area contributed by atoms with Crippen LogP contribution in [0, 0.1) is 0 Å². The molecule has 5 rings (SSSR count). The number of anilines is 2. The maximum absolute atomic E-state index is 12.8. The van der Waals surface area contributed by atoms with Gasteiger partial charge in [-0.3, -0.25) is 4.79 Å². The smallest absolute Gasteiger partial charge is 0.416 e. The van der Waals surface area contributed by atoms with Crippen molar-refractivity contribution < 1.29 is 37.3 Å². The van der Waals surface area contributed by atoms with E-state index in [4.69, 9.17) is 21.1 Å². The lowest BCUT2D eigenvalue weighted by Crippen LogP contribution is -2.47. The van der Waals surface area contributed by atoms with Crippen LogP contribution in [0.3, 0.4) is 0 Å². The topological polar surface area (TPSA) is 109 Å². The fourth-order valence-electron chi connectivity index (χ4n) is 5.08. The Morgan fingerprint density at radius 1 is 0.976 bits per heavy atom. The molecule has 41 heavy (non-hydrogen) atoms. The molecule has 4 N–H and O–H groups in total. The lowest BCUT2D eigenvalue weighted by atomic mass is 9.84. The summed E-state index contributed by atoms with van der Waals surface area (Å²) in [6.45, 7) is 0.0480. The molecule has 1 saturated heterocycles. The first-order valence-electron chi connectivity index (χ1n) is 12.9. The molecular formula is C29H27ClF3N3O5. The summed E-state index contributed by atoms with van der Waals surface area (Å²) in [7, 11) is 0. The zero-order chi connectivity index (χ0) is 29.1. The molecule has 12 heteroatoms. The first-order chi connectivity index (χ1) is 19.6. The number of alkyl halides is 3. The number of hydrogen-bond acceptors (Lipinski definition) is 5. The minimum atomic E-state index is -4.47. The van der Waals surface area contributed by atoms with Gasteiger partial charge < -0.3 is 30.5 Å². The number of aliphatic hydroxyl groups excluding tert-OH is 1. The maximum Gasteiger partial charge on any atom is 0.416 e. The minimum absolute atomic E-state index is 0.0934. The molecule has 0 saturated carbocycles. The highest BCUT2D eigenvalue weighted by Gasteiger charge is 2.46. The lowest BCUT2D eigenvalue weighted by molar-refractivity contribution is -0.142. The normalized spacial score (nSPS) is 21.3. The number of ether oxygens (including phenoxy) is 2. The number of benzene rings is 3. The molecule has 4 atom stereocenters. The predicted molar refractivity (Wildman–Crippen MR) is 146 cm³/mol. The molecule has 0 bridgehead atoms. The second kappa shape index (κ2) is 12.0. The molecule has 3 amide bonds. The number of fused-ring (bicyclic) bond motifs is 3. The van der Waals surface area contributed by atoms with E-state index in [0.29, 0.717) is 29.4 Å². The summed E-state index contributed by atoms with van der Waals surface area (Å²) >= 11 is 5.91. The molecule has 8 nitrogen and oxygen atoms in total. The molecule has 0 spiro atoms. The molecule has 2 aliphatic heterocycles. The van der Waals surface area contributed by atoms with Crippen LogP contribution < -0.4 is 20.7 Å². The van der Waals surface area contributed by atoms with Gasteiger partial charge in [0.2, 0.25) is 5.91 Å². The third-order valence-corrected chi connectivity index (χ3v) is 7.30. The third kappa shape index (κ3) is 6.92. The average Bonchev–Trinajstić information content (AvgIpc) is 3.30. The zero-order valence-corrected chi connectivity index (χ0v) is 22.3. The molecule has 0 aromatic heterocycles. The molecule has 0 aliphatic carbocycles. The Kier molecular flexibility index (Phi) is 8.39. The molecular weight excluding hydrogens is 563 g/mol. The van der Waals surface area contributed by atoms with Crippen molar-refractivity contribution in [2.75, 3.05) is 17.2 Å². The van der Waals surface area contributed by atoms with Gasteiger partial charge in [0.05, 0.1) is 24.7 Å². The number of carbonyl (C=O) groups excluding carboxylic acids is 2. The first kappa shape index (κ1) is 28.7. The second-order valence-corrected chi connectivity index (χ2v) is 10.4. The Labute approximate surface area is 238 Å². The Morgan fingerprint density at radius 3 is 2.34 bits per heavy atom. The third-order valence-electron chi connectivity index (χ3n) is 7.04. The zero-order valence-electron chi connectivity index (χ0n) is 21.6. The van der Waals surface area contributed by atoms with Crippen LogP contribution >= 0.6 is 11.6 Å². The lowest BCUT2D eigenvalue weighted by Gasteiger charge is -2.37. The summed E-state index contributed by atoms with van der Waals surface area (Å²) in [6, 6.07) is 15.7. The Morgan fingerprint density at radius 2 is 1.66 bits per heavy atom. The predicted octanol–water partition coefficient (Wildman–Crippen LogP) is 5.70. The van der Waals surface area contributed by atoms with Crippen LogP contribution in [-0.2, 0) is 22.3 Å². The van der Waals surface area contributed by atoms with E-state index in [2.05, 4.69) is 16.0 Å². The number of aliphatic hydroxyl groups is 1. The molecule has 3 aromatic rings. The standard InChI is InChI=1S/C29H27ClF3N3O5/c30-18-5-1-16(2-6-18)14-34-26(38)13-21-12-23-22-11-20(9-10-24(22)41-27(23)25(15-37)40-21)36-28(39)35-19-7-3-17(4-8-19)29(31,32)33/h1-11,21,23,25,27,37H,12-15H2,(H,34,38)(H2,35,36,39)/t21-,23-,25+,27+/m1/s1. The van der Waals surface area contributed by atoms with Gasteiger partial charge in [-0.2, -0.15) is 13.2 Å². The van der Waals surface area contributed by atoms with E-state index in [1.54, 1.807) is 30.3 Å². The van der Waals surface area contributed by atoms with Gasteiger partial charge in [0.25, 0.3) is 0 Å². The van der Waals surface area contributed by atoms with Gasteiger partial charge in [0.15, 0.2) is 0 Å². The summed E-state index contributed by atoms with van der Waals surface area (Å²) in [6.07, 6.45) is -5.48. The van der Waals surface area contributed by atoms with E-state index >= 15 is 0 Å². The molecule has 2 heterocycles. The summed E-state index contributed by atoms with van der Waals surface area (Å²) in [5.74, 6) is 0.197. The highest BCUT2D eigenvalue weighted by molar-refractivity contribution is 6.30. The van der Waals surface area contributed by atoms with Crippen LogP contribution in [0.15, 0.2) is 66.7 Å². The van der Waals surface area contributed by atoms with Gasteiger partial charge in [0, 0.05) is 34.4 Å². The van der Waals surface area contributed by atoms with Crippen LogP contribution in [0.25, 0.3) is 0 Å². The molecule has 1 fully saturated rings. The number of nitrogens with one attached hydrogen (secondary N) is 3. The molecule has 0 radical (unpaired) electrons. The van der Waals surface area contributed by atoms with E-state index in [-0.39, 0.29) is 30.5 Å². The van der Waals surface area contributed by atoms with Crippen LogP contribution in [0.5, 0.6) is 5.75 Å². The van der Waals surface area contributed by atoms with Gasteiger partial charge in [-0.1, -0.05) is 23.7 Å². The van der Waals surface area contributed by atoms with Crippen molar-refractivity contribution in [3.05, 3.63) is 88.4 Å². The van der Waals surface area contributed by atoms with Gasteiger partial charge in [-0.25, -0.2) is 4.79 Å². The Bertz CT molecular complexity index is 1400. The molecule has 2 aliphatic rings. The van der Waals surface area contributed by atoms with Gasteiger partial charge in [-0.15, -0.1) is 0 Å². The fraction of sp³-hybridized carbons (Fsp3) is 0.310. The fourth-order valence-corrected chi connectivity index (χ4v) is 5.21. The van der Waals surface area contributed by atoms with Crippen molar-refractivity contribution in [2.24, 2.45) is 0 Å². The number of hydrogen-bond donors (Lipinski definition) is 4. The van der Waals surface area contributed by atoms with E-state index in [0.717, 1.165) is 23.3 Å². The van der Waals surface area contributed by atoms with E-state index in [1.807, 2.05) is 12.1 Å². The number of halogens is 4. The van der Waals surface area contributed by atoms with Crippen LogP contribution in [0.2, 0.25) is 5.02 Å². The summed E-state index contributed by atoms with van der Waals surface area (Å²) in [5, 5.41) is 18.7. The SMILES string of the molecule is O=C(C[C@H]1C[C@@H]2c3cc(NC(=O)Nc4ccc(C(F)(F)F)cc4)ccc3O[C@@H]2[C@H](CO)O1)NCc1ccc(Cl)cc1.